The van der Waals surface area contributed by atoms with Crippen molar-refractivity contribution in [1.29, 1.82) is 0 Å². The molecule has 0 saturated heterocycles. The molecule has 0 aliphatic rings. The molecule has 2 rings (SSSR count). The lowest BCUT2D eigenvalue weighted by Crippen LogP contribution is -2.23. The zero-order valence-corrected chi connectivity index (χ0v) is 15.1. The van der Waals surface area contributed by atoms with E-state index >= 15 is 0 Å². The Morgan fingerprint density at radius 2 is 1.72 bits per heavy atom. The quantitative estimate of drug-likeness (QED) is 0.321. The number of hydrogen-bond donors (Lipinski definition) is 0. The fourth-order valence-corrected chi connectivity index (χ4v) is 3.05. The van der Waals surface area contributed by atoms with Gasteiger partial charge in [0.25, 0.3) is 0 Å². The van der Waals surface area contributed by atoms with Crippen molar-refractivity contribution >= 4 is 5.69 Å². The summed E-state index contributed by atoms with van der Waals surface area (Å²) in [5, 5.41) is 3.54. The molecule has 0 amide bonds. The first-order chi connectivity index (χ1) is 11.7. The van der Waals surface area contributed by atoms with Crippen LogP contribution in [0.15, 0.2) is 41.5 Å². The van der Waals surface area contributed by atoms with Gasteiger partial charge >= 0.3 is 0 Å². The van der Waals surface area contributed by atoms with E-state index in [1.807, 2.05) is 39.8 Å². The molecule has 25 heavy (non-hydrogen) atoms. The summed E-state index contributed by atoms with van der Waals surface area (Å²) in [6.45, 7) is 7.79. The largest absolute Gasteiger partial charge is 0.207 e. The molecule has 0 aliphatic heterocycles. The third-order valence-corrected chi connectivity index (χ3v) is 4.27. The molecule has 0 spiro atoms. The molecule has 0 bridgehead atoms. The van der Waals surface area contributed by atoms with Crippen LogP contribution in [0.5, 0.6) is 0 Å². The number of benzene rings is 2. The van der Waals surface area contributed by atoms with Crippen molar-refractivity contribution in [3.05, 3.63) is 75.2 Å². The molecule has 0 aliphatic carbocycles. The summed E-state index contributed by atoms with van der Waals surface area (Å²) >= 11 is 0. The Morgan fingerprint density at radius 3 is 2.28 bits per heavy atom. The Labute approximate surface area is 147 Å². The molecular formula is C20H23F2N3. The summed E-state index contributed by atoms with van der Waals surface area (Å²) in [5.74, 6) is -0.746. The minimum atomic E-state index is -0.497. The fourth-order valence-electron chi connectivity index (χ4n) is 3.05. The van der Waals surface area contributed by atoms with E-state index in [0.29, 0.717) is 24.1 Å². The highest BCUT2D eigenvalue weighted by molar-refractivity contribution is 5.40. The van der Waals surface area contributed by atoms with Gasteiger partial charge in [-0.1, -0.05) is 63.1 Å². The highest BCUT2D eigenvalue weighted by atomic mass is 19.1. The molecule has 0 fully saturated rings. The van der Waals surface area contributed by atoms with Gasteiger partial charge < -0.3 is 0 Å². The number of azide groups is 1. The van der Waals surface area contributed by atoms with Gasteiger partial charge in [0.1, 0.15) is 11.6 Å². The number of nitrogens with zero attached hydrogens (tertiary/aromatic N) is 3. The Kier molecular flexibility index (Phi) is 5.81. The van der Waals surface area contributed by atoms with Gasteiger partial charge in [-0.2, -0.15) is 0 Å². The van der Waals surface area contributed by atoms with Crippen molar-refractivity contribution in [3.63, 3.8) is 0 Å². The van der Waals surface area contributed by atoms with Crippen LogP contribution in [0.4, 0.5) is 14.5 Å². The van der Waals surface area contributed by atoms with E-state index in [9.17, 15) is 8.78 Å². The van der Waals surface area contributed by atoms with Crippen molar-refractivity contribution in [2.45, 2.75) is 46.0 Å². The molecular weight excluding hydrogens is 320 g/mol. The van der Waals surface area contributed by atoms with Gasteiger partial charge in [-0.3, -0.25) is 0 Å². The Bertz CT molecular complexity index is 789. The van der Waals surface area contributed by atoms with Crippen LogP contribution < -0.4 is 0 Å². The standard InChI is InChI=1S/C20H23F2N3/c1-13(2)11-16-18(21)10-9-17(19(16)22)20(3,4)12-14-5-7-15(8-6-14)24-25-23/h5-10,13H,11-12H2,1-4H3. The van der Waals surface area contributed by atoms with Crippen LogP contribution in [0.3, 0.4) is 0 Å². The summed E-state index contributed by atoms with van der Waals surface area (Å²) in [6.07, 6.45) is 0.968. The summed E-state index contributed by atoms with van der Waals surface area (Å²) in [6, 6.07) is 10.1. The van der Waals surface area contributed by atoms with Crippen molar-refractivity contribution in [1.82, 2.24) is 0 Å². The third kappa shape index (κ3) is 4.58. The molecule has 3 nitrogen and oxygen atoms in total. The summed E-state index contributed by atoms with van der Waals surface area (Å²) < 4.78 is 29.0. The second-order valence-electron chi connectivity index (χ2n) is 7.40. The second kappa shape index (κ2) is 7.66. The van der Waals surface area contributed by atoms with Gasteiger partial charge in [-0.25, -0.2) is 8.78 Å². The predicted molar refractivity (Wildman–Crippen MR) is 96.9 cm³/mol. The van der Waals surface area contributed by atoms with Crippen LogP contribution in [-0.2, 0) is 18.3 Å². The average Bonchev–Trinajstić information content (AvgIpc) is 2.52. The Hall–Kier alpha value is -2.39. The first-order valence-corrected chi connectivity index (χ1v) is 8.36. The molecule has 5 heteroatoms. The molecule has 2 aromatic carbocycles. The van der Waals surface area contributed by atoms with Gasteiger partial charge in [0.2, 0.25) is 0 Å². The van der Waals surface area contributed by atoms with Gasteiger partial charge in [0, 0.05) is 16.2 Å². The van der Waals surface area contributed by atoms with Crippen LogP contribution in [0.25, 0.3) is 10.4 Å². The smallest absolute Gasteiger partial charge is 0.133 e. The lowest BCUT2D eigenvalue weighted by molar-refractivity contribution is 0.459. The molecule has 0 aromatic heterocycles. The first kappa shape index (κ1) is 18.9. The topological polar surface area (TPSA) is 48.8 Å². The molecule has 132 valence electrons. The maximum absolute atomic E-state index is 15.0. The van der Waals surface area contributed by atoms with Gasteiger partial charge in [-0.05, 0) is 46.9 Å². The molecule has 0 unspecified atom stereocenters. The van der Waals surface area contributed by atoms with E-state index in [0.717, 1.165) is 5.56 Å². The Balaban J connectivity index is 2.33. The molecule has 2 aromatic rings. The molecule has 0 N–H and O–H groups in total. The third-order valence-electron chi connectivity index (χ3n) is 4.27. The maximum atomic E-state index is 15.0. The molecule has 0 heterocycles. The fraction of sp³-hybridized carbons (Fsp3) is 0.400. The van der Waals surface area contributed by atoms with E-state index in [1.54, 1.807) is 18.2 Å². The van der Waals surface area contributed by atoms with E-state index in [2.05, 4.69) is 10.0 Å². The Morgan fingerprint density at radius 1 is 1.08 bits per heavy atom. The van der Waals surface area contributed by atoms with Gasteiger partial charge in [0.05, 0.1) is 0 Å². The SMILES string of the molecule is CC(C)Cc1c(F)ccc(C(C)(C)Cc2ccc(N=[N+]=[N-])cc2)c1F. The van der Waals surface area contributed by atoms with Crippen molar-refractivity contribution < 1.29 is 8.78 Å². The minimum absolute atomic E-state index is 0.166. The molecule has 0 radical (unpaired) electrons. The summed E-state index contributed by atoms with van der Waals surface area (Å²) in [4.78, 5) is 2.75. The maximum Gasteiger partial charge on any atom is 0.133 e. The van der Waals surface area contributed by atoms with Crippen molar-refractivity contribution in [2.24, 2.45) is 11.0 Å². The molecule has 0 atom stereocenters. The lowest BCUT2D eigenvalue weighted by atomic mass is 9.78. The van der Waals surface area contributed by atoms with E-state index in [-0.39, 0.29) is 11.5 Å². The number of rotatable bonds is 6. The van der Waals surface area contributed by atoms with Crippen LogP contribution in [-0.4, -0.2) is 0 Å². The summed E-state index contributed by atoms with van der Waals surface area (Å²) in [5.41, 5.74) is 10.2. The monoisotopic (exact) mass is 343 g/mol. The summed E-state index contributed by atoms with van der Waals surface area (Å²) in [7, 11) is 0. The van der Waals surface area contributed by atoms with Crippen molar-refractivity contribution in [3.8, 4) is 0 Å². The van der Waals surface area contributed by atoms with Crippen LogP contribution >= 0.6 is 0 Å². The van der Waals surface area contributed by atoms with Gasteiger partial charge in [0.15, 0.2) is 0 Å². The van der Waals surface area contributed by atoms with Gasteiger partial charge in [-0.15, -0.1) is 0 Å². The van der Waals surface area contributed by atoms with Crippen LogP contribution in [0.1, 0.15) is 44.4 Å². The zero-order valence-electron chi connectivity index (χ0n) is 15.1. The number of hydrogen-bond acceptors (Lipinski definition) is 1. The highest BCUT2D eigenvalue weighted by Crippen LogP contribution is 2.33. The van der Waals surface area contributed by atoms with Crippen LogP contribution in [0, 0.1) is 17.6 Å². The predicted octanol–water partition coefficient (Wildman–Crippen LogP) is 6.63. The van der Waals surface area contributed by atoms with E-state index in [4.69, 9.17) is 5.53 Å². The van der Waals surface area contributed by atoms with E-state index < -0.39 is 17.0 Å². The average molecular weight is 343 g/mol. The zero-order chi connectivity index (χ0) is 18.6. The first-order valence-electron chi connectivity index (χ1n) is 8.36. The highest BCUT2D eigenvalue weighted by Gasteiger charge is 2.27. The van der Waals surface area contributed by atoms with E-state index in [1.165, 1.54) is 6.07 Å². The minimum Gasteiger partial charge on any atom is -0.207 e. The van der Waals surface area contributed by atoms with Crippen molar-refractivity contribution in [2.75, 3.05) is 0 Å². The molecule has 0 saturated carbocycles. The van der Waals surface area contributed by atoms with Crippen LogP contribution in [0.2, 0.25) is 0 Å². The second-order valence-corrected chi connectivity index (χ2v) is 7.40. The number of halogens is 2. The normalized spacial score (nSPS) is 11.5. The lowest BCUT2D eigenvalue weighted by Gasteiger charge is -2.27.